The average Bonchev–Trinajstić information content (AvgIpc) is 2.30. The number of hydrogen-bond acceptors (Lipinski definition) is 1. The number of rotatable bonds is 4. The lowest BCUT2D eigenvalue weighted by Crippen LogP contribution is -2.44. The van der Waals surface area contributed by atoms with Crippen LogP contribution in [0.1, 0.15) is 37.6 Å². The molecule has 1 unspecified atom stereocenters. The van der Waals surface area contributed by atoms with Crippen molar-refractivity contribution >= 4 is 56.0 Å². The van der Waals surface area contributed by atoms with Gasteiger partial charge in [-0.3, -0.25) is 4.79 Å². The zero-order valence-corrected chi connectivity index (χ0v) is 15.8. The molecule has 1 atom stereocenters. The lowest BCUT2D eigenvalue weighted by Gasteiger charge is -2.31. The van der Waals surface area contributed by atoms with Crippen LogP contribution in [-0.2, 0) is 0 Å². The first kappa shape index (κ1) is 17.2. The molecule has 19 heavy (non-hydrogen) atoms. The van der Waals surface area contributed by atoms with Gasteiger partial charge in [-0.05, 0) is 52.6 Å². The molecular formula is C14H18BrClINO. The molecule has 5 heteroatoms. The monoisotopic (exact) mass is 457 g/mol. The minimum Gasteiger partial charge on any atom is -0.349 e. The summed E-state index contributed by atoms with van der Waals surface area (Å²) >= 11 is 11.6. The molecule has 0 fully saturated rings. The second-order valence-electron chi connectivity index (χ2n) is 5.50. The molecule has 1 amide bonds. The van der Waals surface area contributed by atoms with Gasteiger partial charge in [0, 0.05) is 20.5 Å². The molecule has 0 aliphatic rings. The number of nitrogens with one attached hydrogen (secondary N) is 1. The van der Waals surface area contributed by atoms with E-state index in [4.69, 9.17) is 11.6 Å². The Morgan fingerprint density at radius 3 is 2.58 bits per heavy atom. The van der Waals surface area contributed by atoms with E-state index in [1.165, 1.54) is 0 Å². The lowest BCUT2D eigenvalue weighted by molar-refractivity contribution is 0.0900. The Labute approximate surface area is 141 Å². The quantitative estimate of drug-likeness (QED) is 0.506. The van der Waals surface area contributed by atoms with Crippen molar-refractivity contribution < 1.29 is 4.79 Å². The summed E-state index contributed by atoms with van der Waals surface area (Å²) in [6.45, 7) is 6.38. The Morgan fingerprint density at radius 1 is 1.47 bits per heavy atom. The molecule has 0 bridgehead atoms. The summed E-state index contributed by atoms with van der Waals surface area (Å²) in [6, 6.07) is 5.50. The summed E-state index contributed by atoms with van der Waals surface area (Å²) in [6.07, 6.45) is 0.896. The average molecular weight is 459 g/mol. The molecule has 1 aromatic rings. The summed E-state index contributed by atoms with van der Waals surface area (Å²) in [7, 11) is 0. The number of hydrogen-bond donors (Lipinski definition) is 1. The van der Waals surface area contributed by atoms with Crippen molar-refractivity contribution in [3.8, 4) is 0 Å². The highest BCUT2D eigenvalue weighted by Crippen LogP contribution is 2.24. The van der Waals surface area contributed by atoms with Gasteiger partial charge in [-0.1, -0.05) is 48.3 Å². The van der Waals surface area contributed by atoms with E-state index in [9.17, 15) is 4.79 Å². The van der Waals surface area contributed by atoms with Gasteiger partial charge in [0.15, 0.2) is 0 Å². The minimum absolute atomic E-state index is 0.0242. The van der Waals surface area contributed by atoms with Gasteiger partial charge in [-0.15, -0.1) is 0 Å². The van der Waals surface area contributed by atoms with Gasteiger partial charge in [0.25, 0.3) is 5.91 Å². The Morgan fingerprint density at radius 2 is 2.11 bits per heavy atom. The van der Waals surface area contributed by atoms with Crippen LogP contribution in [0, 0.1) is 8.99 Å². The van der Waals surface area contributed by atoms with Crippen molar-refractivity contribution in [2.75, 3.05) is 5.33 Å². The molecule has 0 saturated carbocycles. The minimum atomic E-state index is -0.0702. The molecule has 106 valence electrons. The highest BCUT2D eigenvalue weighted by molar-refractivity contribution is 14.1. The standard InChI is InChI=1S/C14H18BrClINO/c1-14(2,3)12(6-7-15)18-13(19)9-4-5-11(17)10(16)8-9/h4-5,8,12H,6-7H2,1-3H3,(H,18,19). The fourth-order valence-electron chi connectivity index (χ4n) is 1.71. The number of carbonyl (C=O) groups excluding carboxylic acids is 1. The Kier molecular flexibility index (Phi) is 6.60. The van der Waals surface area contributed by atoms with E-state index in [-0.39, 0.29) is 17.4 Å². The van der Waals surface area contributed by atoms with Crippen LogP contribution < -0.4 is 5.32 Å². The van der Waals surface area contributed by atoms with Gasteiger partial charge in [0.05, 0.1) is 5.02 Å². The van der Waals surface area contributed by atoms with Gasteiger partial charge in [-0.25, -0.2) is 0 Å². The molecule has 0 spiro atoms. The van der Waals surface area contributed by atoms with Crippen molar-refractivity contribution in [2.24, 2.45) is 5.41 Å². The number of halogens is 3. The fraction of sp³-hybridized carbons (Fsp3) is 0.500. The molecule has 1 N–H and O–H groups in total. The largest absolute Gasteiger partial charge is 0.349 e. The van der Waals surface area contributed by atoms with E-state index in [1.807, 2.05) is 6.07 Å². The summed E-state index contributed by atoms with van der Waals surface area (Å²) in [5.41, 5.74) is 0.630. The molecule has 0 saturated heterocycles. The maximum absolute atomic E-state index is 12.3. The van der Waals surface area contributed by atoms with Crippen LogP contribution in [0.5, 0.6) is 0 Å². The zero-order valence-electron chi connectivity index (χ0n) is 11.3. The molecule has 0 aliphatic heterocycles. The predicted molar refractivity (Wildman–Crippen MR) is 93.3 cm³/mol. The van der Waals surface area contributed by atoms with E-state index in [0.717, 1.165) is 15.3 Å². The first-order valence-electron chi connectivity index (χ1n) is 6.07. The van der Waals surface area contributed by atoms with Crippen molar-refractivity contribution in [1.29, 1.82) is 0 Å². The lowest BCUT2D eigenvalue weighted by atomic mass is 9.85. The van der Waals surface area contributed by atoms with E-state index >= 15 is 0 Å². The fourth-order valence-corrected chi connectivity index (χ4v) is 2.68. The van der Waals surface area contributed by atoms with Gasteiger partial charge in [-0.2, -0.15) is 0 Å². The molecule has 1 rings (SSSR count). The first-order chi connectivity index (χ1) is 8.75. The zero-order chi connectivity index (χ0) is 14.6. The van der Waals surface area contributed by atoms with Crippen LogP contribution in [0.2, 0.25) is 5.02 Å². The normalized spacial score (nSPS) is 13.2. The maximum Gasteiger partial charge on any atom is 0.251 e. The summed E-state index contributed by atoms with van der Waals surface area (Å²) in [5, 5.41) is 4.57. The van der Waals surface area contributed by atoms with Gasteiger partial charge < -0.3 is 5.32 Å². The van der Waals surface area contributed by atoms with E-state index in [2.05, 4.69) is 64.6 Å². The third kappa shape index (κ3) is 5.23. The third-order valence-electron chi connectivity index (χ3n) is 2.93. The summed E-state index contributed by atoms with van der Waals surface area (Å²) in [5.74, 6) is -0.0702. The third-order valence-corrected chi connectivity index (χ3v) is 4.96. The molecule has 0 radical (unpaired) electrons. The van der Waals surface area contributed by atoms with Gasteiger partial charge in [0.2, 0.25) is 0 Å². The highest BCUT2D eigenvalue weighted by atomic mass is 127. The van der Waals surface area contributed by atoms with Crippen molar-refractivity contribution in [3.63, 3.8) is 0 Å². The highest BCUT2D eigenvalue weighted by Gasteiger charge is 2.26. The topological polar surface area (TPSA) is 29.1 Å². The van der Waals surface area contributed by atoms with Crippen molar-refractivity contribution in [2.45, 2.75) is 33.2 Å². The van der Waals surface area contributed by atoms with E-state index in [0.29, 0.717) is 10.6 Å². The number of benzene rings is 1. The Bertz CT molecular complexity index is 459. The Hall–Kier alpha value is 0.190. The second kappa shape index (κ2) is 7.27. The summed E-state index contributed by atoms with van der Waals surface area (Å²) in [4.78, 5) is 12.3. The molecule has 2 nitrogen and oxygen atoms in total. The van der Waals surface area contributed by atoms with Crippen LogP contribution in [0.4, 0.5) is 0 Å². The summed E-state index contributed by atoms with van der Waals surface area (Å²) < 4.78 is 0.948. The SMILES string of the molecule is CC(C)(C)C(CCBr)NC(=O)c1ccc(I)c(Cl)c1. The number of carbonyl (C=O) groups is 1. The number of alkyl halides is 1. The van der Waals surface area contributed by atoms with Crippen molar-refractivity contribution in [3.05, 3.63) is 32.4 Å². The van der Waals surface area contributed by atoms with Crippen molar-refractivity contribution in [1.82, 2.24) is 5.32 Å². The van der Waals surface area contributed by atoms with Crippen LogP contribution >= 0.6 is 50.1 Å². The predicted octanol–water partition coefficient (Wildman–Crippen LogP) is 4.87. The molecule has 0 aromatic heterocycles. The van der Waals surface area contributed by atoms with Crippen LogP contribution in [-0.4, -0.2) is 17.3 Å². The second-order valence-corrected chi connectivity index (χ2v) is 7.86. The van der Waals surface area contributed by atoms with Crippen LogP contribution in [0.15, 0.2) is 18.2 Å². The van der Waals surface area contributed by atoms with Gasteiger partial charge >= 0.3 is 0 Å². The van der Waals surface area contributed by atoms with E-state index in [1.54, 1.807) is 12.1 Å². The van der Waals surface area contributed by atoms with Crippen LogP contribution in [0.3, 0.4) is 0 Å². The van der Waals surface area contributed by atoms with E-state index < -0.39 is 0 Å². The molecule has 1 aromatic carbocycles. The van der Waals surface area contributed by atoms with Gasteiger partial charge in [0.1, 0.15) is 0 Å². The molecule has 0 aliphatic carbocycles. The molecule has 0 heterocycles. The number of amides is 1. The first-order valence-corrected chi connectivity index (χ1v) is 8.65. The van der Waals surface area contributed by atoms with Crippen LogP contribution in [0.25, 0.3) is 0 Å². The molecular weight excluding hydrogens is 440 g/mol. The maximum atomic E-state index is 12.3. The smallest absolute Gasteiger partial charge is 0.251 e. The Balaban J connectivity index is 2.84.